The van der Waals surface area contributed by atoms with Crippen LogP contribution in [-0.2, 0) is 32.5 Å². The first-order chi connectivity index (χ1) is 34.1. The maximum absolute atomic E-state index is 7.85. The number of rotatable bonds is 4. The summed E-state index contributed by atoms with van der Waals surface area (Å²) in [5.41, 5.74) is 25.5. The summed E-state index contributed by atoms with van der Waals surface area (Å²) in [6, 6.07) is 32.7. The lowest BCUT2D eigenvalue weighted by Crippen LogP contribution is -2.64. The first kappa shape index (κ1) is 48.9. The van der Waals surface area contributed by atoms with Gasteiger partial charge in [0, 0.05) is 28.1 Å². The minimum Gasteiger partial charge on any atom is -0.468 e. The summed E-state index contributed by atoms with van der Waals surface area (Å²) in [6.45, 7) is 41.3. The van der Waals surface area contributed by atoms with Gasteiger partial charge in [-0.15, -0.1) is 0 Å². The first-order valence-electron chi connectivity index (χ1n) is 28.1. The molecular formula is C68H81BN2OSi. The maximum atomic E-state index is 7.85. The molecule has 0 saturated carbocycles. The van der Waals surface area contributed by atoms with Crippen LogP contribution in [-0.4, -0.2) is 21.8 Å². The molecule has 2 atom stereocenters. The standard InChI is InChI=1S/C68H81BN2OSi/c1-40-32-56-59-57(33-40)71(68(16)27-25-45(73-17)35-49(68)42-18-20-43(21-19-42)62(3,4)5)60-47-36-52-53(67(14,15)31-30-66(52,12)13)39-58(47)72-61(60)69(59)54-38-50-46(41(2)24-26-63(50,6)7)37-55(54)70(56)44-22-23-48-51(34-44)65(10,11)29-28-64(48,8)9/h18-23,25,32-39,41H,24,26-31H2,1-17H3/t41?,68-/m1/s1. The number of hydrogen-bond acceptors (Lipinski definition) is 3. The molecule has 2 radical (unpaired) electrons. The Morgan fingerprint density at radius 2 is 1.25 bits per heavy atom. The summed E-state index contributed by atoms with van der Waals surface area (Å²) in [4.78, 5) is 5.53. The number of aryl methyl sites for hydroxylation is 1. The van der Waals surface area contributed by atoms with Crippen molar-refractivity contribution in [2.24, 2.45) is 0 Å². The zero-order chi connectivity index (χ0) is 51.9. The number of anilines is 5. The predicted molar refractivity (Wildman–Crippen MR) is 316 cm³/mol. The average Bonchev–Trinajstić information content (AvgIpc) is 3.70. The van der Waals surface area contributed by atoms with Gasteiger partial charge in [-0.25, -0.2) is 0 Å². The van der Waals surface area contributed by atoms with E-state index in [1.54, 1.807) is 0 Å². The Morgan fingerprint density at radius 3 is 1.89 bits per heavy atom. The third-order valence-electron chi connectivity index (χ3n) is 19.9. The Morgan fingerprint density at radius 1 is 0.644 bits per heavy atom. The van der Waals surface area contributed by atoms with E-state index in [0.717, 1.165) is 30.5 Å². The maximum Gasteiger partial charge on any atom is 0.297 e. The first-order valence-corrected chi connectivity index (χ1v) is 29.6. The van der Waals surface area contributed by atoms with E-state index in [1.807, 2.05) is 0 Å². The van der Waals surface area contributed by atoms with Crippen LogP contribution in [0, 0.1) is 6.92 Å². The summed E-state index contributed by atoms with van der Waals surface area (Å²) in [7, 11) is 0.711. The van der Waals surface area contributed by atoms with Gasteiger partial charge in [-0.1, -0.05) is 157 Å². The second-order valence-electron chi connectivity index (χ2n) is 28.4. The van der Waals surface area contributed by atoms with E-state index in [-0.39, 0.29) is 39.2 Å². The highest BCUT2D eigenvalue weighted by Crippen LogP contribution is 2.56. The molecule has 5 aromatic carbocycles. The Bertz CT molecular complexity index is 3380. The van der Waals surface area contributed by atoms with Crippen molar-refractivity contribution >= 4 is 77.8 Å². The van der Waals surface area contributed by atoms with Crippen LogP contribution in [0.4, 0.5) is 28.4 Å². The fourth-order valence-corrected chi connectivity index (χ4v) is 15.4. The summed E-state index contributed by atoms with van der Waals surface area (Å²) in [5, 5.41) is 2.68. The van der Waals surface area contributed by atoms with E-state index in [9.17, 15) is 0 Å². The fourth-order valence-electron chi connectivity index (χ4n) is 14.8. The van der Waals surface area contributed by atoms with Crippen LogP contribution in [0.2, 0.25) is 6.55 Å². The average molecular weight is 981 g/mol. The second kappa shape index (κ2) is 15.8. The number of benzene rings is 5. The molecule has 2 aliphatic heterocycles. The monoisotopic (exact) mass is 981 g/mol. The predicted octanol–water partition coefficient (Wildman–Crippen LogP) is 16.5. The highest BCUT2D eigenvalue weighted by atomic mass is 28.2. The van der Waals surface area contributed by atoms with E-state index in [2.05, 4.69) is 218 Å². The lowest BCUT2D eigenvalue weighted by Gasteiger charge is -2.51. The Hall–Kier alpha value is -5.00. The quantitative estimate of drug-likeness (QED) is 0.164. The van der Waals surface area contributed by atoms with Gasteiger partial charge in [0.05, 0.1) is 26.4 Å². The molecule has 0 spiro atoms. The minimum atomic E-state index is -0.463. The van der Waals surface area contributed by atoms with E-state index in [0.29, 0.717) is 15.4 Å². The topological polar surface area (TPSA) is 19.6 Å². The largest absolute Gasteiger partial charge is 0.468 e. The van der Waals surface area contributed by atoms with Gasteiger partial charge in [0.1, 0.15) is 5.58 Å². The van der Waals surface area contributed by atoms with Gasteiger partial charge >= 0.3 is 0 Å². The van der Waals surface area contributed by atoms with Gasteiger partial charge in [-0.3, -0.25) is 0 Å². The molecule has 3 nitrogen and oxygen atoms in total. The van der Waals surface area contributed by atoms with Crippen molar-refractivity contribution in [3.8, 4) is 0 Å². The number of nitrogens with zero attached hydrogens (tertiary/aromatic N) is 2. The van der Waals surface area contributed by atoms with Crippen molar-refractivity contribution in [3.05, 3.63) is 146 Å². The van der Waals surface area contributed by atoms with E-state index < -0.39 is 5.54 Å². The molecule has 4 aliphatic carbocycles. The highest BCUT2D eigenvalue weighted by Gasteiger charge is 2.53. The molecule has 376 valence electrons. The summed E-state index contributed by atoms with van der Waals surface area (Å²) < 4.78 is 7.85. The smallest absolute Gasteiger partial charge is 0.297 e. The Kier molecular flexibility index (Phi) is 10.6. The lowest BCUT2D eigenvalue weighted by molar-refractivity contribution is 0.332. The van der Waals surface area contributed by atoms with Crippen LogP contribution >= 0.6 is 0 Å². The summed E-state index contributed by atoms with van der Waals surface area (Å²) in [5.74, 6) is 0.477. The van der Waals surface area contributed by atoms with E-state index in [4.69, 9.17) is 4.42 Å². The van der Waals surface area contributed by atoms with Gasteiger partial charge < -0.3 is 14.2 Å². The molecule has 1 aromatic heterocycles. The molecule has 0 fully saturated rings. The SMILES string of the molecule is C[Si]C1=CC[C@@](C)(N2c3cc(C)cc4c3B(c3cc5c(cc3N4c3ccc4c(c3)C(C)(C)CCC4(C)C)C(C)CCC5(C)C)c3oc4cc5c(cc4c32)C(C)(C)CCC5(C)C)C(c2ccc(C(C)(C)C)cc2)=C1. The zero-order valence-electron chi connectivity index (χ0n) is 47.6. The number of furan rings is 1. The Labute approximate surface area is 442 Å². The van der Waals surface area contributed by atoms with E-state index in [1.165, 1.54) is 131 Å². The number of hydrogen-bond donors (Lipinski definition) is 0. The molecule has 0 amide bonds. The lowest BCUT2D eigenvalue weighted by atomic mass is 9.35. The molecule has 3 heterocycles. The minimum absolute atomic E-state index is 0.0383. The molecule has 0 N–H and O–H groups in total. The molecule has 6 aromatic rings. The second-order valence-corrected chi connectivity index (χ2v) is 29.5. The van der Waals surface area contributed by atoms with Crippen molar-refractivity contribution < 1.29 is 4.42 Å². The molecule has 12 rings (SSSR count). The van der Waals surface area contributed by atoms with Gasteiger partial charge in [-0.2, -0.15) is 0 Å². The third-order valence-corrected chi connectivity index (χ3v) is 20.9. The van der Waals surface area contributed by atoms with Crippen molar-refractivity contribution in [2.45, 2.75) is 206 Å². The molecule has 0 saturated heterocycles. The fraction of sp³-hybridized carbons (Fsp3) is 0.471. The number of allylic oxidation sites excluding steroid dienone is 2. The van der Waals surface area contributed by atoms with Crippen molar-refractivity contribution in [1.29, 1.82) is 0 Å². The normalized spacial score (nSPS) is 23.6. The Balaban J connectivity index is 1.20. The van der Waals surface area contributed by atoms with Crippen molar-refractivity contribution in [3.63, 3.8) is 0 Å². The third kappa shape index (κ3) is 7.22. The highest BCUT2D eigenvalue weighted by molar-refractivity contribution is 7.00. The van der Waals surface area contributed by atoms with Crippen LogP contribution in [0.5, 0.6) is 0 Å². The van der Waals surface area contributed by atoms with E-state index >= 15 is 0 Å². The number of fused-ring (bicyclic) bond motifs is 9. The summed E-state index contributed by atoms with van der Waals surface area (Å²) >= 11 is 0. The summed E-state index contributed by atoms with van der Waals surface area (Å²) in [6.07, 6.45) is 13.1. The van der Waals surface area contributed by atoms with Crippen LogP contribution in [0.3, 0.4) is 0 Å². The van der Waals surface area contributed by atoms with Crippen LogP contribution in [0.25, 0.3) is 16.5 Å². The molecule has 5 heteroatoms. The molecule has 73 heavy (non-hydrogen) atoms. The van der Waals surface area contributed by atoms with Gasteiger partial charge in [0.15, 0.2) is 0 Å². The zero-order valence-corrected chi connectivity index (χ0v) is 48.6. The van der Waals surface area contributed by atoms with Crippen LogP contribution in [0.15, 0.2) is 101 Å². The van der Waals surface area contributed by atoms with Gasteiger partial charge in [-0.05, 0) is 206 Å². The van der Waals surface area contributed by atoms with Crippen molar-refractivity contribution in [1.82, 2.24) is 0 Å². The van der Waals surface area contributed by atoms with Crippen LogP contribution in [0.1, 0.15) is 205 Å². The van der Waals surface area contributed by atoms with Crippen LogP contribution < -0.4 is 26.4 Å². The van der Waals surface area contributed by atoms with Gasteiger partial charge in [0.25, 0.3) is 6.71 Å². The van der Waals surface area contributed by atoms with Gasteiger partial charge in [0.2, 0.25) is 0 Å². The molecule has 1 unspecified atom stereocenters. The van der Waals surface area contributed by atoms with Crippen molar-refractivity contribution in [2.75, 3.05) is 9.80 Å². The molecular weight excluding hydrogens is 900 g/mol. The molecule has 6 aliphatic rings. The molecule has 0 bridgehead atoms.